The summed E-state index contributed by atoms with van der Waals surface area (Å²) >= 11 is 1.27. The number of aromatic amines is 1. The predicted octanol–water partition coefficient (Wildman–Crippen LogP) is 0.0582. The molecule has 8 heteroatoms. The van der Waals surface area contributed by atoms with Gasteiger partial charge in [0.25, 0.3) is 0 Å². The summed E-state index contributed by atoms with van der Waals surface area (Å²) in [5.74, 6) is 0. The minimum Gasteiger partial charge on any atom is -0.395 e. The fourth-order valence-corrected chi connectivity index (χ4v) is 2.24. The number of rotatable bonds is 3. The first kappa shape index (κ1) is 10.8. The van der Waals surface area contributed by atoms with Crippen molar-refractivity contribution in [3.8, 4) is 0 Å². The number of aromatic nitrogens is 5. The van der Waals surface area contributed by atoms with Gasteiger partial charge in [-0.1, -0.05) is 0 Å². The molecule has 2 rings (SSSR count). The van der Waals surface area contributed by atoms with E-state index in [0.29, 0.717) is 22.4 Å². The average molecular weight is 240 g/mol. The van der Waals surface area contributed by atoms with Crippen LogP contribution in [0.25, 0.3) is 0 Å². The van der Waals surface area contributed by atoms with E-state index in [9.17, 15) is 4.79 Å². The molecule has 2 aromatic rings. The van der Waals surface area contributed by atoms with E-state index in [1.54, 1.807) is 17.9 Å². The van der Waals surface area contributed by atoms with Crippen molar-refractivity contribution in [2.75, 3.05) is 5.73 Å². The molecule has 0 bridgehead atoms. The second-order valence-electron chi connectivity index (χ2n) is 3.22. The maximum atomic E-state index is 11.3. The van der Waals surface area contributed by atoms with Gasteiger partial charge in [0.1, 0.15) is 5.03 Å². The standard InChI is InChI=1S/C8H12N6OS/c1-3-14-7(15)10-11-8(14)16-6-5(9)4-13(2)12-6/h4H,3,9H2,1-2H3,(H,10,15). The number of nitrogens with one attached hydrogen (secondary N) is 1. The molecule has 0 spiro atoms. The van der Waals surface area contributed by atoms with Gasteiger partial charge in [0, 0.05) is 19.8 Å². The van der Waals surface area contributed by atoms with Crippen molar-refractivity contribution >= 4 is 17.4 Å². The van der Waals surface area contributed by atoms with Crippen LogP contribution < -0.4 is 11.4 Å². The number of hydrogen-bond donors (Lipinski definition) is 2. The van der Waals surface area contributed by atoms with Gasteiger partial charge < -0.3 is 5.73 Å². The van der Waals surface area contributed by atoms with Crippen molar-refractivity contribution in [1.29, 1.82) is 0 Å². The fourth-order valence-electron chi connectivity index (χ4n) is 1.31. The monoisotopic (exact) mass is 240 g/mol. The molecule has 0 aromatic carbocycles. The lowest BCUT2D eigenvalue weighted by Crippen LogP contribution is -2.16. The van der Waals surface area contributed by atoms with E-state index in [2.05, 4.69) is 15.3 Å². The highest BCUT2D eigenvalue weighted by Crippen LogP contribution is 2.27. The summed E-state index contributed by atoms with van der Waals surface area (Å²) in [7, 11) is 1.79. The van der Waals surface area contributed by atoms with Crippen molar-refractivity contribution in [2.24, 2.45) is 7.05 Å². The van der Waals surface area contributed by atoms with Crippen LogP contribution >= 0.6 is 11.8 Å². The maximum Gasteiger partial charge on any atom is 0.343 e. The topological polar surface area (TPSA) is 94.5 Å². The van der Waals surface area contributed by atoms with E-state index in [1.807, 2.05) is 6.92 Å². The van der Waals surface area contributed by atoms with Crippen LogP contribution in [0.5, 0.6) is 0 Å². The Bertz CT molecular complexity index is 553. The van der Waals surface area contributed by atoms with Gasteiger partial charge in [-0.3, -0.25) is 9.25 Å². The molecule has 2 heterocycles. The lowest BCUT2D eigenvalue weighted by Gasteiger charge is -1.99. The SMILES string of the molecule is CCn1c(Sc2nn(C)cc2N)n[nH]c1=O. The number of nitrogens with zero attached hydrogens (tertiary/aromatic N) is 4. The highest BCUT2D eigenvalue weighted by molar-refractivity contribution is 7.99. The molecule has 2 aromatic heterocycles. The Labute approximate surface area is 95.6 Å². The van der Waals surface area contributed by atoms with Crippen molar-refractivity contribution in [3.05, 3.63) is 16.7 Å². The lowest BCUT2D eigenvalue weighted by molar-refractivity contribution is 0.659. The summed E-state index contributed by atoms with van der Waals surface area (Å²) in [6.45, 7) is 2.44. The Morgan fingerprint density at radius 1 is 1.62 bits per heavy atom. The highest BCUT2D eigenvalue weighted by atomic mass is 32.2. The molecule has 3 N–H and O–H groups in total. The summed E-state index contributed by atoms with van der Waals surface area (Å²) in [4.78, 5) is 11.3. The lowest BCUT2D eigenvalue weighted by atomic mass is 10.6. The summed E-state index contributed by atoms with van der Waals surface area (Å²) in [5.41, 5.74) is 6.11. The van der Waals surface area contributed by atoms with E-state index in [1.165, 1.54) is 16.3 Å². The first-order valence-electron chi connectivity index (χ1n) is 4.74. The van der Waals surface area contributed by atoms with Crippen LogP contribution in [0.1, 0.15) is 6.92 Å². The van der Waals surface area contributed by atoms with E-state index in [-0.39, 0.29) is 5.69 Å². The van der Waals surface area contributed by atoms with E-state index < -0.39 is 0 Å². The summed E-state index contributed by atoms with van der Waals surface area (Å²) in [5, 5.41) is 11.7. The molecule has 16 heavy (non-hydrogen) atoms. The molecule has 0 unspecified atom stereocenters. The Morgan fingerprint density at radius 2 is 2.38 bits per heavy atom. The van der Waals surface area contributed by atoms with Crippen LogP contribution in [0.2, 0.25) is 0 Å². The normalized spacial score (nSPS) is 10.9. The van der Waals surface area contributed by atoms with Crippen molar-refractivity contribution in [3.63, 3.8) is 0 Å². The van der Waals surface area contributed by atoms with Crippen molar-refractivity contribution < 1.29 is 0 Å². The van der Waals surface area contributed by atoms with E-state index in [4.69, 9.17) is 5.73 Å². The minimum atomic E-state index is -0.223. The molecule has 0 aliphatic heterocycles. The zero-order valence-electron chi connectivity index (χ0n) is 8.97. The van der Waals surface area contributed by atoms with Gasteiger partial charge in [0.15, 0.2) is 5.16 Å². The number of anilines is 1. The van der Waals surface area contributed by atoms with Gasteiger partial charge in [-0.05, 0) is 18.7 Å². The van der Waals surface area contributed by atoms with Crippen LogP contribution in [-0.4, -0.2) is 24.5 Å². The van der Waals surface area contributed by atoms with Gasteiger partial charge in [0.05, 0.1) is 5.69 Å². The molecule has 0 radical (unpaired) electrons. The van der Waals surface area contributed by atoms with Gasteiger partial charge in [-0.25, -0.2) is 9.89 Å². The van der Waals surface area contributed by atoms with Crippen LogP contribution in [-0.2, 0) is 13.6 Å². The van der Waals surface area contributed by atoms with Gasteiger partial charge >= 0.3 is 5.69 Å². The molecule has 0 fully saturated rings. The van der Waals surface area contributed by atoms with Gasteiger partial charge in [-0.15, -0.1) is 5.10 Å². The number of H-pyrrole nitrogens is 1. The molecule has 0 aliphatic rings. The molecule has 0 atom stereocenters. The van der Waals surface area contributed by atoms with Crippen LogP contribution in [0, 0.1) is 0 Å². The van der Waals surface area contributed by atoms with Crippen molar-refractivity contribution in [2.45, 2.75) is 23.7 Å². The third-order valence-corrected chi connectivity index (χ3v) is 3.05. The molecule has 0 saturated heterocycles. The molecule has 0 aliphatic carbocycles. The zero-order valence-corrected chi connectivity index (χ0v) is 9.78. The number of hydrogen-bond acceptors (Lipinski definition) is 5. The maximum absolute atomic E-state index is 11.3. The number of aryl methyl sites for hydroxylation is 1. The Balaban J connectivity index is 2.33. The number of nitrogens with two attached hydrogens (primary N) is 1. The molecule has 7 nitrogen and oxygen atoms in total. The van der Waals surface area contributed by atoms with Gasteiger partial charge in [0.2, 0.25) is 0 Å². The fraction of sp³-hybridized carbons (Fsp3) is 0.375. The first-order valence-corrected chi connectivity index (χ1v) is 5.55. The molecular weight excluding hydrogens is 228 g/mol. The third kappa shape index (κ3) is 1.83. The second-order valence-corrected chi connectivity index (χ2v) is 4.18. The van der Waals surface area contributed by atoms with E-state index >= 15 is 0 Å². The van der Waals surface area contributed by atoms with Crippen LogP contribution in [0.4, 0.5) is 5.69 Å². The van der Waals surface area contributed by atoms with Gasteiger partial charge in [-0.2, -0.15) is 5.10 Å². The summed E-state index contributed by atoms with van der Waals surface area (Å²) in [6.07, 6.45) is 1.71. The molecule has 0 amide bonds. The number of nitrogen functional groups attached to an aromatic ring is 1. The third-order valence-electron chi connectivity index (χ3n) is 2.05. The smallest absolute Gasteiger partial charge is 0.343 e. The van der Waals surface area contributed by atoms with Crippen LogP contribution in [0.15, 0.2) is 21.2 Å². The minimum absolute atomic E-state index is 0.223. The quantitative estimate of drug-likeness (QED) is 0.791. The predicted molar refractivity (Wildman–Crippen MR) is 60.3 cm³/mol. The molecule has 0 saturated carbocycles. The average Bonchev–Trinajstić information content (AvgIpc) is 2.72. The molecule has 86 valence electrons. The van der Waals surface area contributed by atoms with E-state index in [0.717, 1.165) is 0 Å². The summed E-state index contributed by atoms with van der Waals surface area (Å²) in [6, 6.07) is 0. The highest BCUT2D eigenvalue weighted by Gasteiger charge is 2.12. The second kappa shape index (κ2) is 4.05. The van der Waals surface area contributed by atoms with Crippen molar-refractivity contribution in [1.82, 2.24) is 24.5 Å². The summed E-state index contributed by atoms with van der Waals surface area (Å²) < 4.78 is 3.15. The largest absolute Gasteiger partial charge is 0.395 e. The van der Waals surface area contributed by atoms with Crippen LogP contribution in [0.3, 0.4) is 0 Å². The Kier molecular flexibility index (Phi) is 2.73. The first-order chi connectivity index (χ1) is 7.61. The Hall–Kier alpha value is -1.70. The molecular formula is C8H12N6OS. The Morgan fingerprint density at radius 3 is 2.94 bits per heavy atom. The zero-order chi connectivity index (χ0) is 11.7.